The van der Waals surface area contributed by atoms with Crippen LogP contribution in [0, 0.1) is 4.91 Å². The van der Waals surface area contributed by atoms with Crippen molar-refractivity contribution < 1.29 is 19.7 Å². The molecular formula is C12H9NO5. The zero-order chi connectivity index (χ0) is 13.3. The average molecular weight is 247 g/mol. The lowest BCUT2D eigenvalue weighted by Gasteiger charge is -2.07. The molecule has 2 rings (SSSR count). The molecule has 2 aromatic carbocycles. The number of carbonyl (C=O) groups excluding carboxylic acids is 1. The molecule has 0 aromatic heterocycles. The van der Waals surface area contributed by atoms with E-state index in [9.17, 15) is 19.9 Å². The van der Waals surface area contributed by atoms with E-state index in [0.717, 1.165) is 0 Å². The van der Waals surface area contributed by atoms with Gasteiger partial charge < -0.3 is 14.9 Å². The normalized spacial score (nSPS) is 10.3. The number of nitroso groups, excluding NO2 is 1. The van der Waals surface area contributed by atoms with Crippen LogP contribution in [-0.4, -0.2) is 23.3 Å². The molecule has 0 heterocycles. The van der Waals surface area contributed by atoms with Gasteiger partial charge in [-0.1, -0.05) is 6.07 Å². The number of phenolic OH excluding ortho intramolecular Hbond substituents is 2. The molecule has 0 aliphatic carbocycles. The molecular weight excluding hydrogens is 238 g/mol. The van der Waals surface area contributed by atoms with Gasteiger partial charge >= 0.3 is 5.97 Å². The number of fused-ring (bicyclic) bond motifs is 1. The lowest BCUT2D eigenvalue weighted by Crippen LogP contribution is -2.01. The summed E-state index contributed by atoms with van der Waals surface area (Å²) in [6.07, 6.45) is 0. The third-order valence-electron chi connectivity index (χ3n) is 2.58. The van der Waals surface area contributed by atoms with E-state index in [2.05, 4.69) is 9.91 Å². The summed E-state index contributed by atoms with van der Waals surface area (Å²) >= 11 is 0. The molecule has 92 valence electrons. The average Bonchev–Trinajstić information content (AvgIpc) is 2.37. The number of rotatable bonds is 2. The van der Waals surface area contributed by atoms with Crippen molar-refractivity contribution in [3.63, 3.8) is 0 Å². The number of hydrogen-bond acceptors (Lipinski definition) is 6. The SMILES string of the molecule is COC(=O)c1cc2c(N=O)c(O)ccc2cc1O. The van der Waals surface area contributed by atoms with Gasteiger partial charge in [-0.25, -0.2) is 4.79 Å². The number of phenols is 2. The molecule has 0 spiro atoms. The summed E-state index contributed by atoms with van der Waals surface area (Å²) in [7, 11) is 1.17. The number of nitrogens with zero attached hydrogens (tertiary/aromatic N) is 1. The molecule has 0 unspecified atom stereocenters. The molecule has 2 aromatic rings. The minimum atomic E-state index is -0.741. The lowest BCUT2D eigenvalue weighted by atomic mass is 10.0. The van der Waals surface area contributed by atoms with Gasteiger partial charge in [-0.2, -0.15) is 0 Å². The maximum Gasteiger partial charge on any atom is 0.341 e. The molecule has 6 heteroatoms. The monoisotopic (exact) mass is 247 g/mol. The summed E-state index contributed by atoms with van der Waals surface area (Å²) in [6, 6.07) is 5.35. The quantitative estimate of drug-likeness (QED) is 0.627. The van der Waals surface area contributed by atoms with Crippen LogP contribution < -0.4 is 0 Å². The highest BCUT2D eigenvalue weighted by atomic mass is 16.5. The van der Waals surface area contributed by atoms with E-state index in [1.54, 1.807) is 0 Å². The van der Waals surface area contributed by atoms with Crippen molar-refractivity contribution in [2.45, 2.75) is 0 Å². The first-order valence-electron chi connectivity index (χ1n) is 4.99. The summed E-state index contributed by atoms with van der Waals surface area (Å²) in [5.74, 6) is -1.30. The highest BCUT2D eigenvalue weighted by molar-refractivity contribution is 6.03. The van der Waals surface area contributed by atoms with Gasteiger partial charge in [0.25, 0.3) is 0 Å². The number of benzene rings is 2. The summed E-state index contributed by atoms with van der Waals surface area (Å²) < 4.78 is 4.50. The van der Waals surface area contributed by atoms with Crippen LogP contribution in [0.1, 0.15) is 10.4 Å². The van der Waals surface area contributed by atoms with Crippen molar-refractivity contribution in [1.29, 1.82) is 0 Å². The maximum atomic E-state index is 11.4. The highest BCUT2D eigenvalue weighted by Gasteiger charge is 2.16. The first-order valence-corrected chi connectivity index (χ1v) is 4.99. The molecule has 6 nitrogen and oxygen atoms in total. The number of carbonyl (C=O) groups is 1. The fourth-order valence-corrected chi connectivity index (χ4v) is 1.70. The van der Waals surface area contributed by atoms with Crippen LogP contribution in [0.4, 0.5) is 5.69 Å². The van der Waals surface area contributed by atoms with E-state index in [-0.39, 0.29) is 28.1 Å². The van der Waals surface area contributed by atoms with E-state index in [0.29, 0.717) is 5.39 Å². The third kappa shape index (κ3) is 1.73. The Balaban J connectivity index is 2.82. The van der Waals surface area contributed by atoms with E-state index in [4.69, 9.17) is 0 Å². The fourth-order valence-electron chi connectivity index (χ4n) is 1.70. The number of aromatic hydroxyl groups is 2. The van der Waals surface area contributed by atoms with Gasteiger partial charge in [0.05, 0.1) is 7.11 Å². The van der Waals surface area contributed by atoms with E-state index < -0.39 is 5.97 Å². The zero-order valence-electron chi connectivity index (χ0n) is 9.38. The van der Waals surface area contributed by atoms with Gasteiger partial charge in [-0.05, 0) is 28.8 Å². The van der Waals surface area contributed by atoms with Crippen LogP contribution in [0.3, 0.4) is 0 Å². The second-order valence-corrected chi connectivity index (χ2v) is 3.61. The molecule has 0 radical (unpaired) electrons. The van der Waals surface area contributed by atoms with Gasteiger partial charge in [0.2, 0.25) is 0 Å². The van der Waals surface area contributed by atoms with Gasteiger partial charge in [0, 0.05) is 5.39 Å². The molecule has 2 N–H and O–H groups in total. The van der Waals surface area contributed by atoms with Crippen molar-refractivity contribution in [3.05, 3.63) is 34.7 Å². The van der Waals surface area contributed by atoms with Gasteiger partial charge in [0.15, 0.2) is 5.69 Å². The number of hydrogen-bond donors (Lipinski definition) is 2. The van der Waals surface area contributed by atoms with Gasteiger partial charge in [-0.15, -0.1) is 4.91 Å². The fraction of sp³-hybridized carbons (Fsp3) is 0.0833. The van der Waals surface area contributed by atoms with Crippen molar-refractivity contribution in [2.75, 3.05) is 7.11 Å². The Labute approximate surface area is 101 Å². The Morgan fingerprint density at radius 1 is 1.22 bits per heavy atom. The van der Waals surface area contributed by atoms with E-state index in [1.165, 1.54) is 31.4 Å². The minimum Gasteiger partial charge on any atom is -0.507 e. The third-order valence-corrected chi connectivity index (χ3v) is 2.58. The maximum absolute atomic E-state index is 11.4. The predicted molar refractivity (Wildman–Crippen MR) is 64.1 cm³/mol. The van der Waals surface area contributed by atoms with Crippen molar-refractivity contribution in [2.24, 2.45) is 5.18 Å². The summed E-state index contributed by atoms with van der Waals surface area (Å²) in [5, 5.41) is 22.6. The lowest BCUT2D eigenvalue weighted by molar-refractivity contribution is 0.0597. The van der Waals surface area contributed by atoms with E-state index in [1.807, 2.05) is 0 Å². The topological polar surface area (TPSA) is 96.2 Å². The largest absolute Gasteiger partial charge is 0.507 e. The molecule has 0 saturated heterocycles. The Hall–Kier alpha value is -2.63. The highest BCUT2D eigenvalue weighted by Crippen LogP contribution is 2.37. The van der Waals surface area contributed by atoms with Crippen molar-refractivity contribution in [1.82, 2.24) is 0 Å². The standard InChI is InChI=1S/C12H9NO5/c1-18-12(16)8-5-7-6(4-10(8)15)2-3-9(14)11(7)13-17/h2-5,14-15H,1H3. The van der Waals surface area contributed by atoms with Gasteiger partial charge in [-0.3, -0.25) is 0 Å². The van der Waals surface area contributed by atoms with Crippen LogP contribution in [0.25, 0.3) is 10.8 Å². The Morgan fingerprint density at radius 2 is 1.94 bits per heavy atom. The number of esters is 1. The molecule has 0 saturated carbocycles. The number of methoxy groups -OCH3 is 1. The van der Waals surface area contributed by atoms with Crippen molar-refractivity contribution >= 4 is 22.4 Å². The minimum absolute atomic E-state index is 0.0968. The van der Waals surface area contributed by atoms with Crippen LogP contribution in [0.2, 0.25) is 0 Å². The second-order valence-electron chi connectivity index (χ2n) is 3.61. The van der Waals surface area contributed by atoms with Gasteiger partial charge in [0.1, 0.15) is 17.1 Å². The molecule has 18 heavy (non-hydrogen) atoms. The first-order chi connectivity index (χ1) is 8.58. The molecule has 0 aliphatic heterocycles. The Bertz CT molecular complexity index is 650. The Morgan fingerprint density at radius 3 is 2.56 bits per heavy atom. The van der Waals surface area contributed by atoms with Crippen LogP contribution in [0.15, 0.2) is 29.4 Å². The summed E-state index contributed by atoms with van der Waals surface area (Å²) in [5.41, 5.74) is -0.279. The van der Waals surface area contributed by atoms with Crippen LogP contribution in [0.5, 0.6) is 11.5 Å². The van der Waals surface area contributed by atoms with Crippen LogP contribution in [-0.2, 0) is 4.74 Å². The van der Waals surface area contributed by atoms with Crippen molar-refractivity contribution in [3.8, 4) is 11.5 Å². The molecule has 0 atom stereocenters. The number of ether oxygens (including phenoxy) is 1. The molecule has 0 fully saturated rings. The second kappa shape index (κ2) is 4.33. The summed E-state index contributed by atoms with van der Waals surface area (Å²) in [4.78, 5) is 22.1. The van der Waals surface area contributed by atoms with Crippen LogP contribution >= 0.6 is 0 Å². The first kappa shape index (κ1) is 11.8. The molecule has 0 aliphatic rings. The Kier molecular flexibility index (Phi) is 2.85. The molecule has 0 amide bonds. The summed E-state index contributed by atoms with van der Waals surface area (Å²) in [6.45, 7) is 0. The predicted octanol–water partition coefficient (Wildman–Crippen LogP) is 2.44. The zero-order valence-corrected chi connectivity index (χ0v) is 9.38. The smallest absolute Gasteiger partial charge is 0.341 e. The van der Waals surface area contributed by atoms with E-state index >= 15 is 0 Å². The molecule has 0 bridgehead atoms.